The van der Waals surface area contributed by atoms with Crippen LogP contribution in [0.5, 0.6) is 11.5 Å². The SMILES string of the molecule is Cc1cc2nc3cc(O)c(N)cc3[n+](-c3ccccc3)c2cc1NCCCCCCNC(=O)c1ccc(-c2ccc(C(=O)NCCCCCCNc3cc4c(cc3C)nc3cc(O)c(N)cc3[n+]4-c3ccccc3)cc2)cc1. The minimum absolute atomic E-state index is 0.0135. The Morgan fingerprint density at radius 2 is 0.782 bits per heavy atom. The number of benzene rings is 8. The molecule has 10 rings (SSSR count). The van der Waals surface area contributed by atoms with Crippen LogP contribution in [0.25, 0.3) is 66.6 Å². The molecule has 14 heteroatoms. The smallest absolute Gasteiger partial charge is 0.251 e. The first-order chi connectivity index (χ1) is 38.0. The van der Waals surface area contributed by atoms with Crippen molar-refractivity contribution in [1.82, 2.24) is 20.6 Å². The average Bonchev–Trinajstić information content (AvgIpc) is 3.60. The van der Waals surface area contributed by atoms with E-state index < -0.39 is 0 Å². The normalized spacial score (nSPS) is 11.4. The zero-order valence-corrected chi connectivity index (χ0v) is 44.2. The molecule has 0 saturated carbocycles. The standard InChI is InChI=1S/C64H64N10O4/c1-41-33-53-59(73(47-17-9-7-10-18-47)57-35-49(65)61(75)39-55(57)71-53)37-51(41)67-29-13-3-5-15-31-69-63(77)45-25-21-43(22-26-45)44-23-27-46(28-24-44)64(78)70-32-16-6-4-14-30-68-52-38-60-54(34-42(52)2)72-56-40-62(76)50(66)36-58(56)74(60)48-19-11-8-12-20-48/h7-12,17-28,33-40H,3-6,13-16,29-32H2,1-2H3,(H8,65,66,67,68,69,70,71,72,75,76,77,78)/p+2. The van der Waals surface area contributed by atoms with Gasteiger partial charge >= 0.3 is 0 Å². The van der Waals surface area contributed by atoms with Crippen molar-refractivity contribution in [3.8, 4) is 34.0 Å². The van der Waals surface area contributed by atoms with Crippen LogP contribution in [0.3, 0.4) is 0 Å². The van der Waals surface area contributed by atoms with Crippen LogP contribution in [0.4, 0.5) is 22.7 Å². The van der Waals surface area contributed by atoms with E-state index in [1.165, 1.54) is 0 Å². The van der Waals surface area contributed by atoms with Crippen LogP contribution in [-0.4, -0.2) is 58.2 Å². The zero-order valence-electron chi connectivity index (χ0n) is 44.2. The second kappa shape index (κ2) is 23.7. The highest BCUT2D eigenvalue weighted by Gasteiger charge is 2.24. The summed E-state index contributed by atoms with van der Waals surface area (Å²) in [5, 5.41) is 34.1. The first kappa shape index (κ1) is 52.2. The summed E-state index contributed by atoms with van der Waals surface area (Å²) in [6.07, 6.45) is 7.79. The van der Waals surface area contributed by atoms with E-state index in [0.29, 0.717) is 46.6 Å². The third kappa shape index (κ3) is 11.7. The number of fused-ring (bicyclic) bond motifs is 4. The molecule has 14 nitrogen and oxygen atoms in total. The lowest BCUT2D eigenvalue weighted by atomic mass is 10.0. The molecule has 0 aliphatic heterocycles. The number of hydrogen-bond donors (Lipinski definition) is 8. The summed E-state index contributed by atoms with van der Waals surface area (Å²) in [7, 11) is 0. The lowest BCUT2D eigenvalue weighted by Gasteiger charge is -2.12. The van der Waals surface area contributed by atoms with Crippen LogP contribution in [0.15, 0.2) is 158 Å². The first-order valence-electron chi connectivity index (χ1n) is 26.9. The molecule has 8 aromatic carbocycles. The number of aromatic hydroxyl groups is 2. The Kier molecular flexibility index (Phi) is 15.9. The number of anilines is 4. The number of nitrogens with one attached hydrogen (secondary N) is 4. The molecule has 10 aromatic rings. The fourth-order valence-corrected chi connectivity index (χ4v) is 10.1. The maximum Gasteiger partial charge on any atom is 0.251 e. The van der Waals surface area contributed by atoms with Crippen LogP contribution in [0.2, 0.25) is 0 Å². The fraction of sp³-hybridized carbons (Fsp3) is 0.219. The topological polar surface area (TPSA) is 208 Å². The van der Waals surface area contributed by atoms with Gasteiger partial charge in [0.05, 0.1) is 11.4 Å². The van der Waals surface area contributed by atoms with Gasteiger partial charge in [-0.15, -0.1) is 9.13 Å². The number of nitrogen functional groups attached to an aromatic ring is 2. The Balaban J connectivity index is 0.622. The predicted molar refractivity (Wildman–Crippen MR) is 314 cm³/mol. The molecule has 0 fully saturated rings. The van der Waals surface area contributed by atoms with E-state index in [1.807, 2.05) is 109 Å². The molecule has 2 heterocycles. The number of aromatic nitrogens is 4. The Bertz CT molecular complexity index is 3550. The van der Waals surface area contributed by atoms with Crippen LogP contribution in [0, 0.1) is 13.8 Å². The predicted octanol–water partition coefficient (Wildman–Crippen LogP) is 11.3. The molecule has 78 heavy (non-hydrogen) atoms. The molecular formula is C64H66N10O4+2. The van der Waals surface area contributed by atoms with E-state index in [0.717, 1.165) is 143 Å². The minimum Gasteiger partial charge on any atom is -0.506 e. The van der Waals surface area contributed by atoms with Gasteiger partial charge in [0.15, 0.2) is 0 Å². The summed E-state index contributed by atoms with van der Waals surface area (Å²) in [6.45, 7) is 6.98. The maximum absolute atomic E-state index is 13.0. The van der Waals surface area contributed by atoms with Crippen LogP contribution >= 0.6 is 0 Å². The average molecular weight is 1040 g/mol. The molecule has 0 spiro atoms. The number of amides is 2. The van der Waals surface area contributed by atoms with E-state index in [1.54, 1.807) is 24.3 Å². The molecule has 10 N–H and O–H groups in total. The maximum atomic E-state index is 13.0. The monoisotopic (exact) mass is 1040 g/mol. The van der Waals surface area contributed by atoms with Gasteiger partial charge in [0, 0.05) is 109 Å². The minimum atomic E-state index is -0.0933. The number of phenols is 2. The van der Waals surface area contributed by atoms with Gasteiger partial charge in [-0.2, -0.15) is 0 Å². The second-order valence-electron chi connectivity index (χ2n) is 20.0. The lowest BCUT2D eigenvalue weighted by molar-refractivity contribution is -0.538. The number of carbonyl (C=O) groups is 2. The number of carbonyl (C=O) groups excluding carboxylic acids is 2. The van der Waals surface area contributed by atoms with E-state index in [2.05, 4.69) is 68.5 Å². The summed E-state index contributed by atoms with van der Waals surface area (Å²) in [6, 6.07) is 50.5. The summed E-state index contributed by atoms with van der Waals surface area (Å²) in [5.41, 5.74) is 28.7. The van der Waals surface area contributed by atoms with Crippen molar-refractivity contribution < 1.29 is 28.9 Å². The van der Waals surface area contributed by atoms with Crippen molar-refractivity contribution in [3.63, 3.8) is 0 Å². The fourth-order valence-electron chi connectivity index (χ4n) is 10.1. The molecule has 0 aliphatic rings. The Labute approximate surface area is 453 Å². The molecule has 0 saturated heterocycles. The number of aryl methyl sites for hydroxylation is 2. The molecule has 0 aliphatic carbocycles. The van der Waals surface area contributed by atoms with Gasteiger partial charge in [0.25, 0.3) is 11.8 Å². The molecular weight excluding hydrogens is 973 g/mol. The first-order valence-corrected chi connectivity index (χ1v) is 26.9. The number of nitrogens with zero attached hydrogens (tertiary/aromatic N) is 4. The van der Waals surface area contributed by atoms with Crippen LogP contribution in [0.1, 0.15) is 83.2 Å². The Morgan fingerprint density at radius 3 is 1.17 bits per heavy atom. The molecule has 394 valence electrons. The zero-order chi connectivity index (χ0) is 54.1. The number of hydrogen-bond acceptors (Lipinski definition) is 10. The van der Waals surface area contributed by atoms with Gasteiger partial charge in [-0.05, 0) is 98.2 Å². The molecule has 2 aromatic heterocycles. The highest BCUT2D eigenvalue weighted by atomic mass is 16.3. The van der Waals surface area contributed by atoms with Crippen molar-refractivity contribution in [2.45, 2.75) is 65.2 Å². The molecule has 0 bridgehead atoms. The lowest BCUT2D eigenvalue weighted by Crippen LogP contribution is -2.33. The Hall–Kier alpha value is -9.30. The van der Waals surface area contributed by atoms with Crippen molar-refractivity contribution >= 4 is 78.7 Å². The van der Waals surface area contributed by atoms with Gasteiger partial charge in [-0.25, -0.2) is 9.97 Å². The largest absolute Gasteiger partial charge is 0.506 e. The van der Waals surface area contributed by atoms with Crippen LogP contribution in [-0.2, 0) is 0 Å². The number of unbranched alkanes of at least 4 members (excludes halogenated alkanes) is 6. The van der Waals surface area contributed by atoms with E-state index >= 15 is 0 Å². The Morgan fingerprint density at radius 1 is 0.436 bits per heavy atom. The van der Waals surface area contributed by atoms with E-state index in [9.17, 15) is 19.8 Å². The van der Waals surface area contributed by atoms with Gasteiger partial charge in [-0.1, -0.05) is 86.3 Å². The van der Waals surface area contributed by atoms with Gasteiger partial charge in [0.2, 0.25) is 33.4 Å². The summed E-state index contributed by atoms with van der Waals surface area (Å²) in [5.74, 6) is -0.160. The van der Waals surface area contributed by atoms with Gasteiger partial charge < -0.3 is 42.9 Å². The number of rotatable bonds is 21. The second-order valence-corrected chi connectivity index (χ2v) is 20.0. The van der Waals surface area contributed by atoms with Gasteiger partial charge in [-0.3, -0.25) is 9.59 Å². The summed E-state index contributed by atoms with van der Waals surface area (Å²) < 4.78 is 4.27. The van der Waals surface area contributed by atoms with Crippen molar-refractivity contribution in [3.05, 3.63) is 180 Å². The molecule has 0 unspecified atom stereocenters. The molecule has 2 amide bonds. The van der Waals surface area contributed by atoms with Crippen molar-refractivity contribution in [1.29, 1.82) is 0 Å². The third-order valence-corrected chi connectivity index (χ3v) is 14.4. The molecule has 0 radical (unpaired) electrons. The van der Waals surface area contributed by atoms with E-state index in [-0.39, 0.29) is 23.3 Å². The van der Waals surface area contributed by atoms with Gasteiger partial charge in [0.1, 0.15) is 33.6 Å². The summed E-state index contributed by atoms with van der Waals surface area (Å²) in [4.78, 5) is 35.8. The quantitative estimate of drug-likeness (QED) is 0.0112. The van der Waals surface area contributed by atoms with Crippen LogP contribution < -0.4 is 41.9 Å². The number of nitrogens with two attached hydrogens (primary N) is 2. The number of phenolic OH excluding ortho intramolecular Hbond substituents is 2. The number of para-hydroxylation sites is 2. The van der Waals surface area contributed by atoms with Crippen molar-refractivity contribution in [2.75, 3.05) is 48.3 Å². The summed E-state index contributed by atoms with van der Waals surface area (Å²) >= 11 is 0. The third-order valence-electron chi connectivity index (χ3n) is 14.4. The highest BCUT2D eigenvalue weighted by molar-refractivity contribution is 5.96. The van der Waals surface area contributed by atoms with E-state index in [4.69, 9.17) is 21.4 Å². The van der Waals surface area contributed by atoms with Crippen molar-refractivity contribution in [2.24, 2.45) is 0 Å². The molecule has 0 atom stereocenters. The highest BCUT2D eigenvalue weighted by Crippen LogP contribution is 2.31.